The van der Waals surface area contributed by atoms with Gasteiger partial charge in [-0.1, -0.05) is 68.8 Å². The summed E-state index contributed by atoms with van der Waals surface area (Å²) in [6, 6.07) is 7.49. The SMILES string of the molecule is CCCCCCCC(CO)(CO)c1ccccc1Cl. The third-order valence-corrected chi connectivity index (χ3v) is 4.14. The van der Waals surface area contributed by atoms with Crippen molar-refractivity contribution in [2.24, 2.45) is 0 Å². The summed E-state index contributed by atoms with van der Waals surface area (Å²) >= 11 is 6.21. The second kappa shape index (κ2) is 8.57. The lowest BCUT2D eigenvalue weighted by Gasteiger charge is -2.31. The Kier molecular flexibility index (Phi) is 7.44. The molecule has 0 unspecified atom stereocenters. The van der Waals surface area contributed by atoms with Gasteiger partial charge in [-0.3, -0.25) is 0 Å². The molecule has 0 aliphatic heterocycles. The number of benzene rings is 1. The van der Waals surface area contributed by atoms with Gasteiger partial charge in [0.25, 0.3) is 0 Å². The van der Waals surface area contributed by atoms with Gasteiger partial charge in [-0.15, -0.1) is 0 Å². The molecule has 0 aromatic heterocycles. The molecular formula is C16H25ClO2. The van der Waals surface area contributed by atoms with Crippen molar-refractivity contribution in [1.29, 1.82) is 0 Å². The van der Waals surface area contributed by atoms with E-state index in [1.165, 1.54) is 19.3 Å². The third-order valence-electron chi connectivity index (χ3n) is 3.81. The first-order chi connectivity index (χ1) is 9.20. The van der Waals surface area contributed by atoms with Crippen molar-refractivity contribution in [3.05, 3.63) is 34.9 Å². The van der Waals surface area contributed by atoms with Gasteiger partial charge < -0.3 is 10.2 Å². The number of aliphatic hydroxyl groups is 2. The molecule has 0 aliphatic rings. The standard InChI is InChI=1S/C16H25ClO2/c1-2-3-4-5-8-11-16(12-18,13-19)14-9-6-7-10-15(14)17/h6-7,9-10,18-19H,2-5,8,11-13H2,1H3. The molecule has 0 atom stereocenters. The number of unbranched alkanes of at least 4 members (excludes halogenated alkanes) is 4. The van der Waals surface area contributed by atoms with Crippen LogP contribution >= 0.6 is 11.6 Å². The minimum absolute atomic E-state index is 0.0684. The zero-order valence-corrected chi connectivity index (χ0v) is 12.5. The van der Waals surface area contributed by atoms with E-state index in [9.17, 15) is 10.2 Å². The molecule has 3 heteroatoms. The van der Waals surface area contributed by atoms with E-state index in [2.05, 4.69) is 6.92 Å². The number of hydrogen-bond donors (Lipinski definition) is 2. The van der Waals surface area contributed by atoms with Gasteiger partial charge in [-0.25, -0.2) is 0 Å². The Labute approximate surface area is 121 Å². The molecule has 0 radical (unpaired) electrons. The summed E-state index contributed by atoms with van der Waals surface area (Å²) in [6.07, 6.45) is 6.60. The van der Waals surface area contributed by atoms with E-state index in [4.69, 9.17) is 11.6 Å². The van der Waals surface area contributed by atoms with Crippen LogP contribution < -0.4 is 0 Å². The topological polar surface area (TPSA) is 40.5 Å². The molecule has 0 bridgehead atoms. The number of rotatable bonds is 9. The van der Waals surface area contributed by atoms with Crippen molar-refractivity contribution in [1.82, 2.24) is 0 Å². The van der Waals surface area contributed by atoms with Crippen LogP contribution in [-0.2, 0) is 5.41 Å². The van der Waals surface area contributed by atoms with Gasteiger partial charge in [0, 0.05) is 10.4 Å². The highest BCUT2D eigenvalue weighted by molar-refractivity contribution is 6.31. The van der Waals surface area contributed by atoms with E-state index >= 15 is 0 Å². The van der Waals surface area contributed by atoms with Crippen LogP contribution in [0.25, 0.3) is 0 Å². The quantitative estimate of drug-likeness (QED) is 0.675. The fourth-order valence-electron chi connectivity index (χ4n) is 2.47. The zero-order chi connectivity index (χ0) is 14.1. The van der Waals surface area contributed by atoms with Crippen molar-refractivity contribution in [2.45, 2.75) is 50.9 Å². The van der Waals surface area contributed by atoms with E-state index in [0.29, 0.717) is 5.02 Å². The first-order valence-electron chi connectivity index (χ1n) is 7.17. The maximum absolute atomic E-state index is 9.74. The molecular weight excluding hydrogens is 260 g/mol. The predicted octanol–water partition coefficient (Wildman–Crippen LogP) is 3.92. The van der Waals surface area contributed by atoms with Gasteiger partial charge in [0.2, 0.25) is 0 Å². The number of aliphatic hydroxyl groups excluding tert-OH is 2. The van der Waals surface area contributed by atoms with E-state index in [0.717, 1.165) is 24.8 Å². The third kappa shape index (κ3) is 4.48. The van der Waals surface area contributed by atoms with Crippen LogP contribution in [-0.4, -0.2) is 23.4 Å². The molecule has 0 heterocycles. The van der Waals surface area contributed by atoms with Gasteiger partial charge >= 0.3 is 0 Å². The van der Waals surface area contributed by atoms with Crippen LogP contribution in [0.15, 0.2) is 24.3 Å². The zero-order valence-electron chi connectivity index (χ0n) is 11.7. The monoisotopic (exact) mass is 284 g/mol. The van der Waals surface area contributed by atoms with E-state index < -0.39 is 5.41 Å². The van der Waals surface area contributed by atoms with Crippen LogP contribution in [0, 0.1) is 0 Å². The lowest BCUT2D eigenvalue weighted by Crippen LogP contribution is -2.35. The minimum atomic E-state index is -0.607. The largest absolute Gasteiger partial charge is 0.395 e. The fraction of sp³-hybridized carbons (Fsp3) is 0.625. The van der Waals surface area contributed by atoms with Gasteiger partial charge in [-0.05, 0) is 18.1 Å². The summed E-state index contributed by atoms with van der Waals surface area (Å²) < 4.78 is 0. The Hall–Kier alpha value is -0.570. The van der Waals surface area contributed by atoms with Gasteiger partial charge in [0.1, 0.15) is 0 Å². The highest BCUT2D eigenvalue weighted by atomic mass is 35.5. The summed E-state index contributed by atoms with van der Waals surface area (Å²) in [6.45, 7) is 2.05. The Morgan fingerprint density at radius 3 is 2.21 bits per heavy atom. The van der Waals surface area contributed by atoms with Crippen LogP contribution in [0.4, 0.5) is 0 Å². The molecule has 0 saturated carbocycles. The Morgan fingerprint density at radius 1 is 1.00 bits per heavy atom. The Bertz CT molecular complexity index is 362. The van der Waals surface area contributed by atoms with E-state index in [1.54, 1.807) is 0 Å². The van der Waals surface area contributed by atoms with Crippen molar-refractivity contribution in [3.63, 3.8) is 0 Å². The molecule has 1 aromatic carbocycles. The van der Waals surface area contributed by atoms with Gasteiger partial charge in [-0.2, -0.15) is 0 Å². The molecule has 1 rings (SSSR count). The second-order valence-electron chi connectivity index (χ2n) is 5.24. The summed E-state index contributed by atoms with van der Waals surface area (Å²) in [7, 11) is 0. The van der Waals surface area contributed by atoms with Gasteiger partial charge in [0.05, 0.1) is 13.2 Å². The first kappa shape index (κ1) is 16.5. The number of halogens is 1. The summed E-state index contributed by atoms with van der Waals surface area (Å²) in [5, 5.41) is 20.1. The number of hydrogen-bond acceptors (Lipinski definition) is 2. The fourth-order valence-corrected chi connectivity index (χ4v) is 2.81. The Balaban J connectivity index is 2.71. The average Bonchev–Trinajstić information content (AvgIpc) is 2.44. The lowest BCUT2D eigenvalue weighted by atomic mass is 9.77. The van der Waals surface area contributed by atoms with Crippen LogP contribution in [0.3, 0.4) is 0 Å². The van der Waals surface area contributed by atoms with E-state index in [1.807, 2.05) is 24.3 Å². The smallest absolute Gasteiger partial charge is 0.0550 e. The highest BCUT2D eigenvalue weighted by Gasteiger charge is 2.32. The molecule has 0 fully saturated rings. The maximum Gasteiger partial charge on any atom is 0.0550 e. The predicted molar refractivity (Wildman–Crippen MR) is 80.7 cm³/mol. The Morgan fingerprint density at radius 2 is 1.63 bits per heavy atom. The minimum Gasteiger partial charge on any atom is -0.395 e. The molecule has 108 valence electrons. The molecule has 2 nitrogen and oxygen atoms in total. The highest BCUT2D eigenvalue weighted by Crippen LogP contribution is 2.34. The second-order valence-corrected chi connectivity index (χ2v) is 5.65. The summed E-state index contributed by atoms with van der Waals surface area (Å²) in [4.78, 5) is 0. The molecule has 0 amide bonds. The summed E-state index contributed by atoms with van der Waals surface area (Å²) in [5.41, 5.74) is 0.252. The lowest BCUT2D eigenvalue weighted by molar-refractivity contribution is 0.107. The van der Waals surface area contributed by atoms with Crippen molar-refractivity contribution >= 4 is 11.6 Å². The normalized spacial score (nSPS) is 11.8. The molecule has 19 heavy (non-hydrogen) atoms. The van der Waals surface area contributed by atoms with Crippen molar-refractivity contribution < 1.29 is 10.2 Å². The van der Waals surface area contributed by atoms with Crippen molar-refractivity contribution in [3.8, 4) is 0 Å². The molecule has 0 aliphatic carbocycles. The van der Waals surface area contributed by atoms with Crippen LogP contribution in [0.2, 0.25) is 5.02 Å². The van der Waals surface area contributed by atoms with Crippen molar-refractivity contribution in [2.75, 3.05) is 13.2 Å². The molecule has 1 aromatic rings. The molecule has 0 spiro atoms. The first-order valence-corrected chi connectivity index (χ1v) is 7.54. The summed E-state index contributed by atoms with van der Waals surface area (Å²) in [5.74, 6) is 0. The maximum atomic E-state index is 9.74. The van der Waals surface area contributed by atoms with Crippen LogP contribution in [0.5, 0.6) is 0 Å². The van der Waals surface area contributed by atoms with Crippen LogP contribution in [0.1, 0.15) is 51.0 Å². The molecule has 2 N–H and O–H groups in total. The van der Waals surface area contributed by atoms with Gasteiger partial charge in [0.15, 0.2) is 0 Å². The molecule has 0 saturated heterocycles. The average molecular weight is 285 g/mol. The van der Waals surface area contributed by atoms with E-state index in [-0.39, 0.29) is 13.2 Å².